The number of phenols is 1. The molecule has 0 atom stereocenters. The molecule has 0 saturated heterocycles. The number of phenolic OH excluding ortho intramolecular Hbond substituents is 1. The molecule has 1 aliphatic carbocycles. The topological polar surface area (TPSA) is 55.8 Å². The molecule has 4 rings (SSSR count). The van der Waals surface area contributed by atoms with E-state index in [2.05, 4.69) is 0 Å². The van der Waals surface area contributed by atoms with Gasteiger partial charge in [-0.1, -0.05) is 29.8 Å². The molecule has 0 aliphatic heterocycles. The van der Waals surface area contributed by atoms with Crippen LogP contribution in [-0.2, 0) is 17.6 Å². The normalized spacial score (nSPS) is 12.1. The number of carbonyl (C=O) groups excluding carboxylic acids is 1. The summed E-state index contributed by atoms with van der Waals surface area (Å²) in [5.74, 6) is 0.110. The molecule has 0 unspecified atom stereocenters. The number of benzene rings is 3. The van der Waals surface area contributed by atoms with E-state index in [9.17, 15) is 9.90 Å². The molecule has 0 spiro atoms. The number of aryl methyl sites for hydroxylation is 1. The second-order valence-corrected chi connectivity index (χ2v) is 7.13. The van der Waals surface area contributed by atoms with Crippen LogP contribution in [0.5, 0.6) is 11.5 Å². The monoisotopic (exact) mass is 394 g/mol. The van der Waals surface area contributed by atoms with E-state index < -0.39 is 5.97 Å². The minimum atomic E-state index is -0.555. The van der Waals surface area contributed by atoms with Gasteiger partial charge in [0.15, 0.2) is 0 Å². The van der Waals surface area contributed by atoms with Gasteiger partial charge in [-0.25, -0.2) is 4.79 Å². The number of fused-ring (bicyclic) bond motifs is 3. The summed E-state index contributed by atoms with van der Waals surface area (Å²) < 4.78 is 10.3. The van der Waals surface area contributed by atoms with Crippen molar-refractivity contribution in [2.45, 2.75) is 12.8 Å². The summed E-state index contributed by atoms with van der Waals surface area (Å²) in [4.78, 5) is 12.5. The number of methoxy groups -OCH3 is 2. The predicted octanol–water partition coefficient (Wildman–Crippen LogP) is 5.27. The number of aromatic hydroxyl groups is 1. The molecule has 0 saturated carbocycles. The van der Waals surface area contributed by atoms with Gasteiger partial charge in [0.05, 0.1) is 14.2 Å². The van der Waals surface area contributed by atoms with Crippen LogP contribution < -0.4 is 4.74 Å². The highest BCUT2D eigenvalue weighted by Gasteiger charge is 2.29. The van der Waals surface area contributed by atoms with Gasteiger partial charge in [-0.05, 0) is 71.0 Å². The van der Waals surface area contributed by atoms with Gasteiger partial charge in [0, 0.05) is 10.6 Å². The number of ether oxygens (including phenoxy) is 2. The molecule has 4 nitrogen and oxygen atoms in total. The maximum Gasteiger partial charge on any atom is 0.342 e. The molecule has 0 fully saturated rings. The van der Waals surface area contributed by atoms with Crippen molar-refractivity contribution in [2.24, 2.45) is 0 Å². The van der Waals surface area contributed by atoms with Gasteiger partial charge in [0.2, 0.25) is 0 Å². The molecule has 5 heteroatoms. The summed E-state index contributed by atoms with van der Waals surface area (Å²) in [5, 5.41) is 11.4. The molecule has 0 aromatic heterocycles. The van der Waals surface area contributed by atoms with Crippen molar-refractivity contribution in [3.8, 4) is 33.8 Å². The van der Waals surface area contributed by atoms with Gasteiger partial charge in [-0.2, -0.15) is 0 Å². The molecule has 28 heavy (non-hydrogen) atoms. The molecule has 3 aromatic rings. The maximum absolute atomic E-state index is 12.5. The average molecular weight is 395 g/mol. The van der Waals surface area contributed by atoms with E-state index in [1.165, 1.54) is 7.11 Å². The van der Waals surface area contributed by atoms with Crippen LogP contribution in [0.15, 0.2) is 48.5 Å². The smallest absolute Gasteiger partial charge is 0.342 e. The standard InChI is InChI=1S/C23H19ClO4/c1-27-16-8-10-17-14(11-16)5-9-18-19(13-3-6-15(24)7-4-13)12-20(25)22(21(17)18)23(26)28-2/h3-4,6-8,10-12,25H,5,9H2,1-2H3. The van der Waals surface area contributed by atoms with Crippen molar-refractivity contribution < 1.29 is 19.4 Å². The second kappa shape index (κ2) is 7.21. The molecule has 0 amide bonds. The number of hydrogen-bond acceptors (Lipinski definition) is 4. The van der Waals surface area contributed by atoms with Crippen molar-refractivity contribution in [3.05, 3.63) is 70.2 Å². The number of hydrogen-bond donors (Lipinski definition) is 1. The molecule has 142 valence electrons. The quantitative estimate of drug-likeness (QED) is 0.614. The van der Waals surface area contributed by atoms with Crippen molar-refractivity contribution in [3.63, 3.8) is 0 Å². The van der Waals surface area contributed by atoms with Crippen molar-refractivity contribution in [2.75, 3.05) is 14.2 Å². The Balaban J connectivity index is 2.03. The minimum Gasteiger partial charge on any atom is -0.507 e. The van der Waals surface area contributed by atoms with E-state index in [0.29, 0.717) is 5.02 Å². The highest BCUT2D eigenvalue weighted by atomic mass is 35.5. The van der Waals surface area contributed by atoms with Gasteiger partial charge in [-0.15, -0.1) is 0 Å². The van der Waals surface area contributed by atoms with Gasteiger partial charge in [0.25, 0.3) is 0 Å². The Morgan fingerprint density at radius 3 is 2.43 bits per heavy atom. The van der Waals surface area contributed by atoms with E-state index in [4.69, 9.17) is 21.1 Å². The van der Waals surface area contributed by atoms with Crippen LogP contribution in [0.4, 0.5) is 0 Å². The Hall–Kier alpha value is -2.98. The third-order valence-corrected chi connectivity index (χ3v) is 5.44. The summed E-state index contributed by atoms with van der Waals surface area (Å²) >= 11 is 6.03. The first kappa shape index (κ1) is 18.4. The molecular formula is C23H19ClO4. The van der Waals surface area contributed by atoms with Gasteiger partial charge in [-0.3, -0.25) is 0 Å². The Morgan fingerprint density at radius 1 is 1.00 bits per heavy atom. The zero-order valence-electron chi connectivity index (χ0n) is 15.6. The lowest BCUT2D eigenvalue weighted by Gasteiger charge is -2.26. The zero-order chi connectivity index (χ0) is 19.8. The third-order valence-electron chi connectivity index (χ3n) is 5.18. The first-order valence-electron chi connectivity index (χ1n) is 8.94. The predicted molar refractivity (Wildman–Crippen MR) is 109 cm³/mol. The lowest BCUT2D eigenvalue weighted by atomic mass is 9.79. The van der Waals surface area contributed by atoms with E-state index >= 15 is 0 Å². The second-order valence-electron chi connectivity index (χ2n) is 6.69. The molecule has 1 aliphatic rings. The number of halogens is 1. The summed E-state index contributed by atoms with van der Waals surface area (Å²) in [6.45, 7) is 0. The molecule has 0 radical (unpaired) electrons. The van der Waals surface area contributed by atoms with Crippen molar-refractivity contribution in [1.29, 1.82) is 0 Å². The largest absolute Gasteiger partial charge is 0.507 e. The van der Waals surface area contributed by atoms with Gasteiger partial charge < -0.3 is 14.6 Å². The molecule has 1 N–H and O–H groups in total. The Labute approximate surface area is 168 Å². The fraction of sp³-hybridized carbons (Fsp3) is 0.174. The average Bonchev–Trinajstić information content (AvgIpc) is 2.72. The summed E-state index contributed by atoms with van der Waals surface area (Å²) in [6.07, 6.45) is 1.54. The highest BCUT2D eigenvalue weighted by Crippen LogP contribution is 2.45. The van der Waals surface area contributed by atoms with Crippen LogP contribution in [0, 0.1) is 0 Å². The number of rotatable bonds is 3. The minimum absolute atomic E-state index is 0.0979. The lowest BCUT2D eigenvalue weighted by molar-refractivity contribution is 0.0598. The van der Waals surface area contributed by atoms with Crippen LogP contribution in [-0.4, -0.2) is 25.3 Å². The third kappa shape index (κ3) is 3.00. The van der Waals surface area contributed by atoms with E-state index in [1.54, 1.807) is 13.2 Å². The molecule has 3 aromatic carbocycles. The van der Waals surface area contributed by atoms with Gasteiger partial charge in [0.1, 0.15) is 17.1 Å². The molecule has 0 bridgehead atoms. The van der Waals surface area contributed by atoms with Crippen molar-refractivity contribution >= 4 is 17.6 Å². The Kier molecular flexibility index (Phi) is 4.73. The lowest BCUT2D eigenvalue weighted by Crippen LogP contribution is -2.13. The molecule has 0 heterocycles. The van der Waals surface area contributed by atoms with Gasteiger partial charge >= 0.3 is 5.97 Å². The fourth-order valence-electron chi connectivity index (χ4n) is 3.87. The zero-order valence-corrected chi connectivity index (χ0v) is 16.3. The maximum atomic E-state index is 12.5. The van der Waals surface area contributed by atoms with E-state index in [0.717, 1.165) is 52.0 Å². The van der Waals surface area contributed by atoms with Crippen LogP contribution >= 0.6 is 11.6 Å². The van der Waals surface area contributed by atoms with Crippen LogP contribution in [0.25, 0.3) is 22.3 Å². The molecular weight excluding hydrogens is 376 g/mol. The Morgan fingerprint density at radius 2 is 1.75 bits per heavy atom. The van der Waals surface area contributed by atoms with Crippen LogP contribution in [0.2, 0.25) is 5.02 Å². The highest BCUT2D eigenvalue weighted by molar-refractivity contribution is 6.30. The summed E-state index contributed by atoms with van der Waals surface area (Å²) in [6, 6.07) is 14.9. The first-order chi connectivity index (χ1) is 13.5. The summed E-state index contributed by atoms with van der Waals surface area (Å²) in [7, 11) is 2.95. The van der Waals surface area contributed by atoms with Crippen LogP contribution in [0.3, 0.4) is 0 Å². The Bertz CT molecular complexity index is 1070. The van der Waals surface area contributed by atoms with Crippen LogP contribution in [0.1, 0.15) is 21.5 Å². The number of esters is 1. The van der Waals surface area contributed by atoms with Crippen molar-refractivity contribution in [1.82, 2.24) is 0 Å². The summed E-state index contributed by atoms with van der Waals surface area (Å²) in [5.41, 5.74) is 5.74. The fourth-order valence-corrected chi connectivity index (χ4v) is 4.00. The first-order valence-corrected chi connectivity index (χ1v) is 9.31. The van der Waals surface area contributed by atoms with E-state index in [-0.39, 0.29) is 11.3 Å². The van der Waals surface area contributed by atoms with E-state index in [1.807, 2.05) is 42.5 Å². The number of carbonyl (C=O) groups is 1. The SMILES string of the molecule is COC(=O)c1c(O)cc(-c2ccc(Cl)cc2)c2c1-c1ccc(OC)cc1CC2.